The number of carboxylic acids is 1. The summed E-state index contributed by atoms with van der Waals surface area (Å²) in [5, 5.41) is 18.9. The second-order valence-electron chi connectivity index (χ2n) is 4.96. The number of nitrogens with one attached hydrogen (secondary N) is 1. The van der Waals surface area contributed by atoms with Crippen molar-refractivity contribution in [2.45, 2.75) is 29.8 Å². The summed E-state index contributed by atoms with van der Waals surface area (Å²) >= 11 is 0. The van der Waals surface area contributed by atoms with Gasteiger partial charge in [-0.1, -0.05) is 0 Å². The average Bonchev–Trinajstić information content (AvgIpc) is 2.33. The van der Waals surface area contributed by atoms with Gasteiger partial charge in [-0.3, -0.25) is 0 Å². The summed E-state index contributed by atoms with van der Waals surface area (Å²) in [6.07, 6.45) is 1.90. The minimum atomic E-state index is -4.04. The number of aromatic carboxylic acids is 1. The van der Waals surface area contributed by atoms with Crippen LogP contribution in [-0.4, -0.2) is 36.7 Å². The van der Waals surface area contributed by atoms with E-state index in [2.05, 4.69) is 4.72 Å². The van der Waals surface area contributed by atoms with Crippen LogP contribution in [0.3, 0.4) is 0 Å². The van der Waals surface area contributed by atoms with Gasteiger partial charge >= 0.3 is 5.97 Å². The molecule has 0 radical (unpaired) electrons. The van der Waals surface area contributed by atoms with E-state index in [9.17, 15) is 18.3 Å². The smallest absolute Gasteiger partial charge is 0.337 e. The summed E-state index contributed by atoms with van der Waals surface area (Å²) < 4.78 is 26.6. The third kappa shape index (κ3) is 2.92. The highest BCUT2D eigenvalue weighted by Crippen LogP contribution is 2.31. The lowest BCUT2D eigenvalue weighted by molar-refractivity contribution is -0.0270. The van der Waals surface area contributed by atoms with Gasteiger partial charge in [-0.15, -0.1) is 0 Å². The van der Waals surface area contributed by atoms with Gasteiger partial charge in [0, 0.05) is 12.2 Å². The van der Waals surface area contributed by atoms with E-state index in [1.54, 1.807) is 0 Å². The van der Waals surface area contributed by atoms with Gasteiger partial charge in [0.2, 0.25) is 10.0 Å². The Labute approximate surface area is 116 Å². The number of hydrogen-bond acceptors (Lipinski definition) is 5. The monoisotopic (exact) mass is 300 g/mol. The van der Waals surface area contributed by atoms with Gasteiger partial charge in [-0.2, -0.15) is 0 Å². The molecule has 1 fully saturated rings. The molecule has 7 nitrogen and oxygen atoms in total. The molecule has 1 aromatic carbocycles. The van der Waals surface area contributed by atoms with Crippen LogP contribution in [0.4, 0.5) is 5.69 Å². The lowest BCUT2D eigenvalue weighted by Gasteiger charge is -2.36. The standard InChI is InChI=1S/C12H16N2O5S/c13-8-2-3-9(11(15)16)10(6-8)20(18,19)14-7-12(17)4-1-5-12/h2-3,6,14,17H,1,4-5,7,13H2,(H,15,16). The Balaban J connectivity index is 2.28. The van der Waals surface area contributed by atoms with Crippen LogP contribution in [-0.2, 0) is 10.0 Å². The molecule has 2 rings (SSSR count). The van der Waals surface area contributed by atoms with Gasteiger partial charge in [-0.05, 0) is 37.5 Å². The third-order valence-electron chi connectivity index (χ3n) is 3.40. The first kappa shape index (κ1) is 14.8. The van der Waals surface area contributed by atoms with Crippen molar-refractivity contribution in [3.05, 3.63) is 23.8 Å². The van der Waals surface area contributed by atoms with Crippen LogP contribution in [0.15, 0.2) is 23.1 Å². The molecule has 0 amide bonds. The molecule has 0 spiro atoms. The zero-order valence-corrected chi connectivity index (χ0v) is 11.5. The van der Waals surface area contributed by atoms with E-state index in [1.807, 2.05) is 0 Å². The minimum absolute atomic E-state index is 0.136. The molecule has 0 aliphatic heterocycles. The molecule has 8 heteroatoms. The van der Waals surface area contributed by atoms with E-state index in [4.69, 9.17) is 10.8 Å². The summed E-state index contributed by atoms with van der Waals surface area (Å²) in [5.74, 6) is -1.35. The average molecular weight is 300 g/mol. The van der Waals surface area contributed by atoms with Crippen molar-refractivity contribution in [1.29, 1.82) is 0 Å². The molecule has 5 N–H and O–H groups in total. The second-order valence-corrected chi connectivity index (χ2v) is 6.70. The second kappa shape index (κ2) is 5.04. The first-order chi connectivity index (χ1) is 9.23. The van der Waals surface area contributed by atoms with Crippen molar-refractivity contribution < 1.29 is 23.4 Å². The maximum absolute atomic E-state index is 12.2. The van der Waals surface area contributed by atoms with E-state index in [1.165, 1.54) is 6.07 Å². The highest BCUT2D eigenvalue weighted by Gasteiger charge is 2.36. The number of nitrogen functional groups attached to an aromatic ring is 1. The molecule has 0 heterocycles. The zero-order chi connectivity index (χ0) is 15.0. The summed E-state index contributed by atoms with van der Waals surface area (Å²) in [7, 11) is -4.04. The topological polar surface area (TPSA) is 130 Å². The van der Waals surface area contributed by atoms with Gasteiger partial charge in [0.05, 0.1) is 16.1 Å². The summed E-state index contributed by atoms with van der Waals surface area (Å²) in [6, 6.07) is 3.56. The normalized spacial score (nSPS) is 17.4. The van der Waals surface area contributed by atoms with Gasteiger partial charge in [0.25, 0.3) is 0 Å². The Bertz CT molecular complexity index is 637. The Kier molecular flexibility index (Phi) is 3.72. The predicted octanol–water partition coefficient (Wildman–Crippen LogP) is 0.160. The van der Waals surface area contributed by atoms with E-state index in [-0.39, 0.29) is 17.8 Å². The summed E-state index contributed by atoms with van der Waals surface area (Å²) in [4.78, 5) is 10.7. The molecular formula is C12H16N2O5S. The lowest BCUT2D eigenvalue weighted by Crippen LogP contribution is -2.47. The number of nitrogens with two attached hydrogens (primary N) is 1. The molecule has 1 aliphatic rings. The van der Waals surface area contributed by atoms with Gasteiger partial charge < -0.3 is 15.9 Å². The van der Waals surface area contributed by atoms with Crippen LogP contribution in [0.2, 0.25) is 0 Å². The fraction of sp³-hybridized carbons (Fsp3) is 0.417. The molecular weight excluding hydrogens is 284 g/mol. The Morgan fingerprint density at radius 1 is 1.40 bits per heavy atom. The molecule has 0 aromatic heterocycles. The van der Waals surface area contributed by atoms with E-state index in [0.29, 0.717) is 12.8 Å². The number of aliphatic hydroxyl groups is 1. The van der Waals surface area contributed by atoms with Crippen molar-refractivity contribution in [1.82, 2.24) is 4.72 Å². The quantitative estimate of drug-likeness (QED) is 0.573. The van der Waals surface area contributed by atoms with Crippen LogP contribution in [0, 0.1) is 0 Å². The summed E-state index contributed by atoms with van der Waals surface area (Å²) in [6.45, 7) is -0.136. The molecule has 1 saturated carbocycles. The number of hydrogen-bond donors (Lipinski definition) is 4. The predicted molar refractivity (Wildman–Crippen MR) is 71.8 cm³/mol. The van der Waals surface area contributed by atoms with Crippen molar-refractivity contribution in [2.24, 2.45) is 0 Å². The number of sulfonamides is 1. The van der Waals surface area contributed by atoms with E-state index in [0.717, 1.165) is 18.6 Å². The molecule has 110 valence electrons. The lowest BCUT2D eigenvalue weighted by atomic mass is 9.81. The van der Waals surface area contributed by atoms with Crippen LogP contribution in [0.1, 0.15) is 29.6 Å². The molecule has 0 bridgehead atoms. The largest absolute Gasteiger partial charge is 0.478 e. The van der Waals surface area contributed by atoms with Crippen LogP contribution >= 0.6 is 0 Å². The maximum Gasteiger partial charge on any atom is 0.337 e. The molecule has 20 heavy (non-hydrogen) atoms. The minimum Gasteiger partial charge on any atom is -0.478 e. The number of carboxylic acid groups (broad SMARTS) is 1. The number of rotatable bonds is 5. The van der Waals surface area contributed by atoms with Crippen molar-refractivity contribution >= 4 is 21.7 Å². The van der Waals surface area contributed by atoms with Crippen molar-refractivity contribution in [3.8, 4) is 0 Å². The Morgan fingerprint density at radius 3 is 2.55 bits per heavy atom. The number of carbonyl (C=O) groups is 1. The van der Waals surface area contributed by atoms with Crippen LogP contribution in [0.5, 0.6) is 0 Å². The highest BCUT2D eigenvalue weighted by atomic mass is 32.2. The molecule has 1 aliphatic carbocycles. The fourth-order valence-electron chi connectivity index (χ4n) is 2.01. The Morgan fingerprint density at radius 2 is 2.05 bits per heavy atom. The zero-order valence-electron chi connectivity index (χ0n) is 10.7. The highest BCUT2D eigenvalue weighted by molar-refractivity contribution is 7.89. The molecule has 1 aromatic rings. The first-order valence-corrected chi connectivity index (χ1v) is 7.57. The third-order valence-corrected chi connectivity index (χ3v) is 4.84. The molecule has 0 atom stereocenters. The van der Waals surface area contributed by atoms with Crippen molar-refractivity contribution in [2.75, 3.05) is 12.3 Å². The molecule has 0 saturated heterocycles. The molecule has 0 unspecified atom stereocenters. The number of anilines is 1. The van der Waals surface area contributed by atoms with E-state index < -0.39 is 26.5 Å². The maximum atomic E-state index is 12.2. The Hall–Kier alpha value is -1.64. The SMILES string of the molecule is Nc1ccc(C(=O)O)c(S(=O)(=O)NCC2(O)CCC2)c1. The van der Waals surface area contributed by atoms with Gasteiger partial charge in [-0.25, -0.2) is 17.9 Å². The fourth-order valence-corrected chi connectivity index (χ4v) is 3.36. The summed E-state index contributed by atoms with van der Waals surface area (Å²) in [5.41, 5.74) is 4.27. The van der Waals surface area contributed by atoms with Gasteiger partial charge in [0.1, 0.15) is 0 Å². The first-order valence-electron chi connectivity index (χ1n) is 6.08. The number of benzene rings is 1. The van der Waals surface area contributed by atoms with Crippen molar-refractivity contribution in [3.63, 3.8) is 0 Å². The van der Waals surface area contributed by atoms with Crippen LogP contribution in [0.25, 0.3) is 0 Å². The van der Waals surface area contributed by atoms with Gasteiger partial charge in [0.15, 0.2) is 0 Å². The van der Waals surface area contributed by atoms with Crippen LogP contribution < -0.4 is 10.5 Å². The van der Waals surface area contributed by atoms with E-state index >= 15 is 0 Å².